The summed E-state index contributed by atoms with van der Waals surface area (Å²) in [7, 11) is 0. The summed E-state index contributed by atoms with van der Waals surface area (Å²) >= 11 is 0. The number of benzene rings is 3. The Balaban J connectivity index is 1.20. The van der Waals surface area contributed by atoms with E-state index in [0.717, 1.165) is 72.2 Å². The normalized spacial score (nSPS) is 21.4. The molecular weight excluding hydrogens is 598 g/mol. The van der Waals surface area contributed by atoms with Gasteiger partial charge in [-0.1, -0.05) is 85.6 Å². The fraction of sp³-hybridized carbons (Fsp3) is 0.459. The highest BCUT2D eigenvalue weighted by molar-refractivity contribution is 5.76. The van der Waals surface area contributed by atoms with Crippen LogP contribution in [0.2, 0.25) is 0 Å². The molecule has 10 heteroatoms. The summed E-state index contributed by atoms with van der Waals surface area (Å²) in [5.74, 6) is -0.390. The van der Waals surface area contributed by atoms with Crippen molar-refractivity contribution in [3.05, 3.63) is 95.1 Å². The van der Waals surface area contributed by atoms with E-state index in [1.807, 2.05) is 54.6 Å². The smallest absolute Gasteiger partial charge is 0.243 e. The topological polar surface area (TPSA) is 141 Å². The van der Waals surface area contributed by atoms with Crippen LogP contribution < -0.4 is 10.8 Å². The number of hydroxylamine groups is 1. The van der Waals surface area contributed by atoms with Crippen molar-refractivity contribution < 1.29 is 34.5 Å². The van der Waals surface area contributed by atoms with Gasteiger partial charge in [0, 0.05) is 51.0 Å². The lowest BCUT2D eigenvalue weighted by atomic mass is 9.97. The molecule has 5 rings (SSSR count). The fourth-order valence-electron chi connectivity index (χ4n) is 6.34. The number of carbonyl (C=O) groups excluding carboxylic acids is 2. The third-order valence-electron chi connectivity index (χ3n) is 8.99. The van der Waals surface area contributed by atoms with Crippen molar-refractivity contribution in [2.24, 2.45) is 0 Å². The Morgan fingerprint density at radius 3 is 2.23 bits per heavy atom. The number of nitrogens with one attached hydrogen (secondary N) is 2. The number of hydrogen-bond donors (Lipinski definition) is 5. The molecule has 2 amide bonds. The van der Waals surface area contributed by atoms with Gasteiger partial charge in [0.05, 0.1) is 24.9 Å². The maximum absolute atomic E-state index is 12.5. The minimum atomic E-state index is -0.556. The van der Waals surface area contributed by atoms with Crippen LogP contribution in [0.25, 0.3) is 11.1 Å². The zero-order chi connectivity index (χ0) is 33.0. The molecule has 5 N–H and O–H groups in total. The van der Waals surface area contributed by atoms with Crippen molar-refractivity contribution in [1.82, 2.24) is 15.7 Å². The first kappa shape index (κ1) is 34.7. The number of amides is 2. The molecule has 2 aliphatic rings. The highest BCUT2D eigenvalue weighted by atomic mass is 16.7. The number of aliphatic hydroxyl groups is 2. The second-order valence-corrected chi connectivity index (χ2v) is 12.6. The van der Waals surface area contributed by atoms with Crippen molar-refractivity contribution in [3.8, 4) is 11.1 Å². The van der Waals surface area contributed by atoms with E-state index in [-0.39, 0.29) is 43.2 Å². The fourth-order valence-corrected chi connectivity index (χ4v) is 6.34. The first-order valence-electron chi connectivity index (χ1n) is 16.7. The number of carbonyl (C=O) groups is 2. The number of unbranched alkanes of at least 4 members (excludes halogenated alkanes) is 3. The van der Waals surface area contributed by atoms with Gasteiger partial charge in [0.2, 0.25) is 11.8 Å². The van der Waals surface area contributed by atoms with Crippen LogP contribution >= 0.6 is 0 Å². The van der Waals surface area contributed by atoms with Gasteiger partial charge in [0.1, 0.15) is 0 Å². The number of rotatable bonds is 15. The Morgan fingerprint density at radius 2 is 1.55 bits per heavy atom. The number of nitrogens with zero attached hydrogens (tertiary/aromatic N) is 1. The van der Waals surface area contributed by atoms with Crippen LogP contribution in [-0.4, -0.2) is 64.0 Å². The molecule has 0 radical (unpaired) electrons. The lowest BCUT2D eigenvalue weighted by Crippen LogP contribution is -2.38. The van der Waals surface area contributed by atoms with Gasteiger partial charge in [0.25, 0.3) is 0 Å². The van der Waals surface area contributed by atoms with Crippen LogP contribution in [-0.2, 0) is 32.2 Å². The Morgan fingerprint density at radius 1 is 0.851 bits per heavy atom. The summed E-state index contributed by atoms with van der Waals surface area (Å²) in [4.78, 5) is 25.9. The van der Waals surface area contributed by atoms with Crippen molar-refractivity contribution >= 4 is 11.8 Å². The Kier molecular flexibility index (Phi) is 12.9. The summed E-state index contributed by atoms with van der Waals surface area (Å²) in [6, 6.07) is 24.1. The van der Waals surface area contributed by atoms with Crippen LogP contribution in [0, 0.1) is 0 Å². The van der Waals surface area contributed by atoms with Gasteiger partial charge in [-0.2, -0.15) is 0 Å². The van der Waals surface area contributed by atoms with E-state index in [1.165, 1.54) is 0 Å². The third kappa shape index (κ3) is 10.2. The number of likely N-dealkylation sites (tertiary alicyclic amines) is 1. The van der Waals surface area contributed by atoms with Gasteiger partial charge in [-0.25, -0.2) is 5.48 Å². The predicted octanol–water partition coefficient (Wildman–Crippen LogP) is 4.92. The summed E-state index contributed by atoms with van der Waals surface area (Å²) in [5.41, 5.74) is 7.54. The Hall–Kier alpha value is -3.64. The lowest BCUT2D eigenvalue weighted by molar-refractivity contribution is -0.252. The number of β-amino-alcohol motifs (C(OH)–C–C–N with tert-alkyl or cyclic N) is 1. The monoisotopic (exact) mass is 645 g/mol. The largest absolute Gasteiger partial charge is 0.392 e. The van der Waals surface area contributed by atoms with Crippen LogP contribution in [0.5, 0.6) is 0 Å². The van der Waals surface area contributed by atoms with Gasteiger partial charge in [0.15, 0.2) is 6.29 Å². The van der Waals surface area contributed by atoms with Gasteiger partial charge < -0.3 is 25.0 Å². The maximum atomic E-state index is 12.5. The van der Waals surface area contributed by atoms with Crippen LogP contribution in [0.1, 0.15) is 86.0 Å². The van der Waals surface area contributed by atoms with Crippen molar-refractivity contribution in [2.75, 3.05) is 19.6 Å². The highest BCUT2D eigenvalue weighted by Gasteiger charge is 2.34. The minimum Gasteiger partial charge on any atom is -0.392 e. The highest BCUT2D eigenvalue weighted by Crippen LogP contribution is 2.39. The van der Waals surface area contributed by atoms with Gasteiger partial charge in [-0.15, -0.1) is 0 Å². The summed E-state index contributed by atoms with van der Waals surface area (Å²) < 4.78 is 13.0. The summed E-state index contributed by atoms with van der Waals surface area (Å²) in [6.07, 6.45) is 4.21. The molecule has 2 saturated heterocycles. The first-order valence-corrected chi connectivity index (χ1v) is 16.7. The standard InChI is InChI=1S/C37H47N3O7/c41-25-26-11-13-28(14-12-26)34-21-32(24-40-20-19-31(42)23-40)46-37(47-34)29-17-15-27(16-18-29)33-8-6-5-7-30(33)22-38-35(43)9-3-1-2-4-10-36(44)39-45/h5-8,11-18,31-32,34,37,41-42,45H,1-4,9-10,19-25H2,(H,38,43)(H,39,44). The zero-order valence-corrected chi connectivity index (χ0v) is 26.9. The van der Waals surface area contributed by atoms with E-state index >= 15 is 0 Å². The van der Waals surface area contributed by atoms with Gasteiger partial charge >= 0.3 is 0 Å². The van der Waals surface area contributed by atoms with Crippen molar-refractivity contribution in [2.45, 2.75) is 89.1 Å². The second kappa shape index (κ2) is 17.5. The molecule has 252 valence electrons. The quantitative estimate of drug-likeness (QED) is 0.0892. The molecule has 0 spiro atoms. The van der Waals surface area contributed by atoms with E-state index in [0.29, 0.717) is 32.4 Å². The lowest BCUT2D eigenvalue weighted by Gasteiger charge is -2.38. The average Bonchev–Trinajstić information content (AvgIpc) is 3.52. The molecule has 3 aromatic rings. The molecule has 2 fully saturated rings. The molecule has 2 aliphatic heterocycles. The summed E-state index contributed by atoms with van der Waals surface area (Å²) in [6.45, 7) is 2.65. The average molecular weight is 646 g/mol. The third-order valence-corrected chi connectivity index (χ3v) is 8.99. The van der Waals surface area contributed by atoms with Crippen LogP contribution in [0.4, 0.5) is 0 Å². The van der Waals surface area contributed by atoms with E-state index in [9.17, 15) is 19.8 Å². The molecule has 0 aliphatic carbocycles. The number of aliphatic hydroxyl groups excluding tert-OH is 2. The molecule has 0 bridgehead atoms. The molecule has 0 aromatic heterocycles. The van der Waals surface area contributed by atoms with Crippen LogP contribution in [0.15, 0.2) is 72.8 Å². The molecule has 0 saturated carbocycles. The number of hydrogen-bond acceptors (Lipinski definition) is 8. The molecule has 10 nitrogen and oxygen atoms in total. The molecule has 47 heavy (non-hydrogen) atoms. The zero-order valence-electron chi connectivity index (χ0n) is 26.9. The van der Waals surface area contributed by atoms with Gasteiger partial charge in [-0.3, -0.25) is 19.7 Å². The molecular formula is C37H47N3O7. The van der Waals surface area contributed by atoms with E-state index in [4.69, 9.17) is 14.7 Å². The van der Waals surface area contributed by atoms with E-state index in [2.05, 4.69) is 28.4 Å². The Labute approximate surface area is 276 Å². The van der Waals surface area contributed by atoms with E-state index in [1.54, 1.807) is 5.48 Å². The molecule has 4 unspecified atom stereocenters. The maximum Gasteiger partial charge on any atom is 0.243 e. The van der Waals surface area contributed by atoms with Crippen molar-refractivity contribution in [1.29, 1.82) is 0 Å². The minimum absolute atomic E-state index is 0.00415. The van der Waals surface area contributed by atoms with Crippen LogP contribution in [0.3, 0.4) is 0 Å². The molecule has 2 heterocycles. The summed E-state index contributed by atoms with van der Waals surface area (Å²) in [5, 5.41) is 31.2. The van der Waals surface area contributed by atoms with Crippen molar-refractivity contribution in [3.63, 3.8) is 0 Å². The first-order chi connectivity index (χ1) is 22.9. The van der Waals surface area contributed by atoms with E-state index < -0.39 is 6.29 Å². The molecule has 4 atom stereocenters. The van der Waals surface area contributed by atoms with Gasteiger partial charge in [-0.05, 0) is 47.1 Å². The Bertz CT molecular complexity index is 1430. The second-order valence-electron chi connectivity index (χ2n) is 12.6. The number of ether oxygens (including phenoxy) is 2. The SMILES string of the molecule is O=C(CCCCCCC(=O)NCc1ccccc1-c1ccc(C2OC(CN3CCC(O)C3)CC(c3ccc(CO)cc3)O2)cc1)NO. The predicted molar refractivity (Wildman–Crippen MR) is 177 cm³/mol. The molecule has 3 aromatic carbocycles.